The molecular weight excluding hydrogens is 216 g/mol. The third kappa shape index (κ3) is 1.84. The van der Waals surface area contributed by atoms with Crippen molar-refractivity contribution in [3.63, 3.8) is 0 Å². The molecule has 1 aromatic heterocycles. The summed E-state index contributed by atoms with van der Waals surface area (Å²) in [6.07, 6.45) is -0.909. The Morgan fingerprint density at radius 1 is 1.53 bits per heavy atom. The van der Waals surface area contributed by atoms with E-state index in [4.69, 9.17) is 21.8 Å². The second-order valence-electron chi connectivity index (χ2n) is 3.44. The van der Waals surface area contributed by atoms with E-state index in [1.807, 2.05) is 0 Å². The monoisotopic (exact) mass is 226 g/mol. The Morgan fingerprint density at radius 2 is 2.27 bits per heavy atom. The predicted molar refractivity (Wildman–Crippen MR) is 57.6 cm³/mol. The lowest BCUT2D eigenvalue weighted by Crippen LogP contribution is -2.24. The van der Waals surface area contributed by atoms with Crippen molar-refractivity contribution >= 4 is 22.7 Å². The first-order valence-corrected chi connectivity index (χ1v) is 4.96. The Labute approximate surface area is 91.7 Å². The minimum Gasteiger partial charge on any atom is -0.436 e. The smallest absolute Gasteiger partial charge is 0.226 e. The van der Waals surface area contributed by atoms with Crippen LogP contribution in [0, 0.1) is 0 Å². The normalized spacial score (nSPS) is 15.5. The average molecular weight is 227 g/mol. The summed E-state index contributed by atoms with van der Waals surface area (Å²) in [7, 11) is 0. The maximum atomic E-state index is 9.67. The minimum atomic E-state index is -0.909. The van der Waals surface area contributed by atoms with Crippen molar-refractivity contribution in [1.82, 2.24) is 4.98 Å². The molecule has 80 valence electrons. The quantitative estimate of drug-likeness (QED) is 0.820. The van der Waals surface area contributed by atoms with Crippen LogP contribution in [0.4, 0.5) is 0 Å². The zero-order chi connectivity index (χ0) is 11.0. The number of rotatable bonds is 2. The summed E-state index contributed by atoms with van der Waals surface area (Å²) < 4.78 is 5.35. The maximum Gasteiger partial charge on any atom is 0.226 e. The van der Waals surface area contributed by atoms with Crippen molar-refractivity contribution < 1.29 is 9.52 Å². The first-order chi connectivity index (χ1) is 7.09. The number of hydrogen-bond donors (Lipinski definition) is 2. The van der Waals surface area contributed by atoms with Gasteiger partial charge in [0, 0.05) is 6.04 Å². The predicted octanol–water partition coefficient (Wildman–Crippen LogP) is 1.86. The molecule has 0 bridgehead atoms. The van der Waals surface area contributed by atoms with Crippen LogP contribution >= 0.6 is 11.6 Å². The lowest BCUT2D eigenvalue weighted by molar-refractivity contribution is 0.123. The van der Waals surface area contributed by atoms with E-state index in [-0.39, 0.29) is 5.89 Å². The first kappa shape index (κ1) is 10.4. The molecule has 2 rings (SSSR count). The molecule has 1 aromatic carbocycles. The molecule has 0 saturated heterocycles. The fourth-order valence-electron chi connectivity index (χ4n) is 1.28. The van der Waals surface area contributed by atoms with Crippen LogP contribution in [0.5, 0.6) is 0 Å². The summed E-state index contributed by atoms with van der Waals surface area (Å²) in [5, 5.41) is 10.1. The molecule has 0 saturated carbocycles. The number of benzene rings is 1. The van der Waals surface area contributed by atoms with Crippen molar-refractivity contribution in [2.45, 2.75) is 19.1 Å². The highest BCUT2D eigenvalue weighted by Crippen LogP contribution is 2.27. The fraction of sp³-hybridized carbons (Fsp3) is 0.300. The Kier molecular flexibility index (Phi) is 2.65. The molecule has 5 heteroatoms. The van der Waals surface area contributed by atoms with Crippen molar-refractivity contribution in [2.75, 3.05) is 0 Å². The molecule has 0 aliphatic carbocycles. The number of oxazole rings is 1. The summed E-state index contributed by atoms with van der Waals surface area (Å²) in [4.78, 5) is 4.11. The third-order valence-corrected chi connectivity index (χ3v) is 2.43. The van der Waals surface area contributed by atoms with Gasteiger partial charge in [0.05, 0.1) is 5.02 Å². The first-order valence-electron chi connectivity index (χ1n) is 4.58. The van der Waals surface area contributed by atoms with Gasteiger partial charge in [0.1, 0.15) is 11.6 Å². The highest BCUT2D eigenvalue weighted by Gasteiger charge is 2.19. The summed E-state index contributed by atoms with van der Waals surface area (Å²) in [5.41, 5.74) is 6.65. The molecule has 2 aromatic rings. The van der Waals surface area contributed by atoms with Gasteiger partial charge < -0.3 is 15.3 Å². The summed E-state index contributed by atoms with van der Waals surface area (Å²) >= 11 is 5.91. The molecule has 0 amide bonds. The van der Waals surface area contributed by atoms with Crippen LogP contribution in [0.3, 0.4) is 0 Å². The van der Waals surface area contributed by atoms with Crippen molar-refractivity contribution in [2.24, 2.45) is 5.73 Å². The molecule has 4 nitrogen and oxygen atoms in total. The minimum absolute atomic E-state index is 0.202. The molecule has 2 unspecified atom stereocenters. The molecular formula is C10H11ClN2O2. The maximum absolute atomic E-state index is 9.67. The van der Waals surface area contributed by atoms with Crippen LogP contribution in [0.25, 0.3) is 11.1 Å². The summed E-state index contributed by atoms with van der Waals surface area (Å²) in [5.74, 6) is 0.202. The van der Waals surface area contributed by atoms with Gasteiger partial charge in [-0.25, -0.2) is 4.98 Å². The van der Waals surface area contributed by atoms with Crippen LogP contribution in [0.1, 0.15) is 18.9 Å². The zero-order valence-electron chi connectivity index (χ0n) is 8.14. The Balaban J connectivity index is 2.52. The van der Waals surface area contributed by atoms with E-state index >= 15 is 0 Å². The van der Waals surface area contributed by atoms with Gasteiger partial charge >= 0.3 is 0 Å². The molecule has 0 fully saturated rings. The van der Waals surface area contributed by atoms with E-state index < -0.39 is 12.1 Å². The highest BCUT2D eigenvalue weighted by atomic mass is 35.5. The molecule has 2 atom stereocenters. The van der Waals surface area contributed by atoms with Gasteiger partial charge in [0.15, 0.2) is 5.58 Å². The number of aliphatic hydroxyl groups is 1. The van der Waals surface area contributed by atoms with Gasteiger partial charge in [-0.1, -0.05) is 17.7 Å². The molecule has 0 spiro atoms. The highest BCUT2D eigenvalue weighted by molar-refractivity contribution is 6.34. The number of aliphatic hydroxyl groups excluding tert-OH is 1. The average Bonchev–Trinajstić information content (AvgIpc) is 2.61. The van der Waals surface area contributed by atoms with Gasteiger partial charge in [0.2, 0.25) is 5.89 Å². The number of fused-ring (bicyclic) bond motifs is 1. The SMILES string of the molecule is CC(N)C(O)c1nc2cccc(Cl)c2o1. The van der Waals surface area contributed by atoms with Gasteiger partial charge in [-0.05, 0) is 19.1 Å². The number of nitrogens with two attached hydrogens (primary N) is 1. The standard InChI is InChI=1S/C10H11ClN2O2/c1-5(12)8(14)10-13-7-4-2-3-6(11)9(7)15-10/h2-5,8,14H,12H2,1H3. The van der Waals surface area contributed by atoms with Crippen LogP contribution in [-0.4, -0.2) is 16.1 Å². The molecule has 3 N–H and O–H groups in total. The van der Waals surface area contributed by atoms with Gasteiger partial charge in [-0.15, -0.1) is 0 Å². The van der Waals surface area contributed by atoms with E-state index in [1.54, 1.807) is 25.1 Å². The molecule has 0 aliphatic heterocycles. The van der Waals surface area contributed by atoms with Crippen LogP contribution in [-0.2, 0) is 0 Å². The van der Waals surface area contributed by atoms with Gasteiger partial charge in [-0.2, -0.15) is 0 Å². The number of halogens is 1. The van der Waals surface area contributed by atoms with E-state index in [1.165, 1.54) is 0 Å². The van der Waals surface area contributed by atoms with Crippen molar-refractivity contribution in [3.05, 3.63) is 29.1 Å². The summed E-state index contributed by atoms with van der Waals surface area (Å²) in [6, 6.07) is 4.81. The Hall–Kier alpha value is -1.10. The van der Waals surface area contributed by atoms with Crippen molar-refractivity contribution in [3.8, 4) is 0 Å². The number of nitrogens with zero attached hydrogens (tertiary/aromatic N) is 1. The molecule has 1 heterocycles. The molecule has 0 aliphatic rings. The molecule has 0 radical (unpaired) electrons. The number of para-hydroxylation sites is 1. The Bertz CT molecular complexity index is 481. The zero-order valence-corrected chi connectivity index (χ0v) is 8.90. The molecule has 15 heavy (non-hydrogen) atoms. The van der Waals surface area contributed by atoms with E-state index in [2.05, 4.69) is 4.98 Å². The van der Waals surface area contributed by atoms with Crippen LogP contribution in [0.2, 0.25) is 5.02 Å². The van der Waals surface area contributed by atoms with Crippen molar-refractivity contribution in [1.29, 1.82) is 0 Å². The second kappa shape index (κ2) is 3.81. The topological polar surface area (TPSA) is 72.3 Å². The summed E-state index contributed by atoms with van der Waals surface area (Å²) in [6.45, 7) is 1.68. The van der Waals surface area contributed by atoms with Gasteiger partial charge in [-0.3, -0.25) is 0 Å². The fourth-order valence-corrected chi connectivity index (χ4v) is 1.49. The van der Waals surface area contributed by atoms with E-state index in [0.717, 1.165) is 0 Å². The second-order valence-corrected chi connectivity index (χ2v) is 3.85. The van der Waals surface area contributed by atoms with Crippen LogP contribution in [0.15, 0.2) is 22.6 Å². The Morgan fingerprint density at radius 3 is 2.87 bits per heavy atom. The number of aromatic nitrogens is 1. The van der Waals surface area contributed by atoms with E-state index in [9.17, 15) is 5.11 Å². The van der Waals surface area contributed by atoms with Gasteiger partial charge in [0.25, 0.3) is 0 Å². The van der Waals surface area contributed by atoms with E-state index in [0.29, 0.717) is 16.1 Å². The lowest BCUT2D eigenvalue weighted by atomic mass is 10.2. The largest absolute Gasteiger partial charge is 0.436 e. The third-order valence-electron chi connectivity index (χ3n) is 2.13. The van der Waals surface area contributed by atoms with Crippen LogP contribution < -0.4 is 5.73 Å². The lowest BCUT2D eigenvalue weighted by Gasteiger charge is -2.08. The number of hydrogen-bond acceptors (Lipinski definition) is 4.